The Labute approximate surface area is 191 Å². The Balaban J connectivity index is 3.01. The maximum atomic E-state index is 8.74. The van der Waals surface area contributed by atoms with E-state index in [0.29, 0.717) is 6.61 Å². The molecule has 0 fully saturated rings. The van der Waals surface area contributed by atoms with E-state index in [1.54, 1.807) is 0 Å². The zero-order chi connectivity index (χ0) is 20.8. The Kier molecular flexibility index (Phi) is 23.6. The predicted molar refractivity (Wildman–Crippen MR) is 132 cm³/mol. The lowest BCUT2D eigenvalue weighted by molar-refractivity contribution is 0.282. The van der Waals surface area contributed by atoms with Crippen molar-refractivity contribution in [3.8, 4) is 0 Å². The van der Waals surface area contributed by atoms with Crippen LogP contribution in [0, 0.1) is 0 Å². The van der Waals surface area contributed by atoms with E-state index < -0.39 is 6.00 Å². The molecule has 0 saturated heterocycles. The normalized spacial score (nSPS) is 12.0. The molecule has 0 atom stereocenters. The molecular weight excluding hydrogens is 427 g/mol. The fraction of sp³-hybridized carbons (Fsp3) is 1.00. The highest BCUT2D eigenvalue weighted by Gasteiger charge is 2.23. The van der Waals surface area contributed by atoms with Crippen LogP contribution >= 0.6 is 33.2 Å². The first-order chi connectivity index (χ1) is 13.6. The molecule has 0 heterocycles. The Morgan fingerprint density at radius 1 is 0.357 bits per heavy atom. The monoisotopic (exact) mass is 472 g/mol. The second-order valence-electron chi connectivity index (χ2n) is 8.51. The van der Waals surface area contributed by atoms with Gasteiger partial charge in [0.2, 0.25) is 0 Å². The Hall–Kier alpha value is 1.05. The average molecular weight is 474 g/mol. The van der Waals surface area contributed by atoms with Gasteiger partial charge >= 0.3 is 6.00 Å². The quantitative estimate of drug-likeness (QED) is 0.0888. The average Bonchev–Trinajstić information content (AvgIpc) is 2.65. The molecule has 0 amide bonds. The van der Waals surface area contributed by atoms with Crippen molar-refractivity contribution in [3.05, 3.63) is 0 Å². The van der Waals surface area contributed by atoms with Gasteiger partial charge in [0.1, 0.15) is 0 Å². The summed E-state index contributed by atoms with van der Waals surface area (Å²) >= 11 is 17.7. The summed E-state index contributed by atoms with van der Waals surface area (Å²) in [5.41, 5.74) is 0. The van der Waals surface area contributed by atoms with Crippen LogP contribution in [0.2, 0.25) is 6.04 Å². The molecule has 0 rings (SSSR count). The fourth-order valence-electron chi connectivity index (χ4n) is 3.80. The lowest BCUT2D eigenvalue weighted by atomic mass is 10.0. The van der Waals surface area contributed by atoms with Gasteiger partial charge in [0.05, 0.1) is 0 Å². The van der Waals surface area contributed by atoms with Gasteiger partial charge in [-0.25, -0.2) is 0 Å². The van der Waals surface area contributed by atoms with Gasteiger partial charge in [-0.2, -0.15) is 0 Å². The first kappa shape index (κ1) is 29.0. The van der Waals surface area contributed by atoms with E-state index in [-0.39, 0.29) is 0 Å². The summed E-state index contributed by atoms with van der Waals surface area (Å²) in [7, 11) is 0. The smallest absolute Gasteiger partial charge is 0.341 e. The van der Waals surface area contributed by atoms with Gasteiger partial charge in [-0.15, -0.1) is 33.2 Å². The van der Waals surface area contributed by atoms with Crippen LogP contribution in [0.15, 0.2) is 0 Å². The molecule has 0 spiro atoms. The summed E-state index contributed by atoms with van der Waals surface area (Å²) in [5.74, 6) is 0. The Morgan fingerprint density at radius 3 is 0.786 bits per heavy atom. The van der Waals surface area contributed by atoms with Crippen LogP contribution in [-0.4, -0.2) is 17.7 Å². The van der Waals surface area contributed by atoms with Crippen molar-refractivity contribution in [2.24, 2.45) is 0 Å². The van der Waals surface area contributed by atoms with Crippen LogP contribution in [-0.2, 0) is 0 Å². The standard InChI is InChI=1S/C23H47Cl3OSi/c24-28(25,26)23-21-19-17-15-13-11-9-7-5-3-1-2-4-6-8-10-12-14-16-18-20-22-27/h27H,1-23H2. The van der Waals surface area contributed by atoms with Gasteiger partial charge in [0.25, 0.3) is 0 Å². The molecule has 0 radical (unpaired) electrons. The van der Waals surface area contributed by atoms with Gasteiger partial charge in [0.15, 0.2) is 0 Å². The number of unbranched alkanes of at least 4 members (excludes halogenated alkanes) is 20. The molecule has 0 saturated carbocycles. The van der Waals surface area contributed by atoms with Crippen LogP contribution < -0.4 is 0 Å². The molecule has 1 nitrogen and oxygen atoms in total. The summed E-state index contributed by atoms with van der Waals surface area (Å²) < 4.78 is 0. The van der Waals surface area contributed by atoms with Gasteiger partial charge in [0, 0.05) is 6.61 Å². The van der Waals surface area contributed by atoms with Crippen molar-refractivity contribution in [1.29, 1.82) is 0 Å². The molecule has 28 heavy (non-hydrogen) atoms. The van der Waals surface area contributed by atoms with Crippen molar-refractivity contribution in [2.45, 2.75) is 141 Å². The summed E-state index contributed by atoms with van der Waals surface area (Å²) in [4.78, 5) is 0. The maximum Gasteiger partial charge on any atom is 0.341 e. The molecule has 5 heteroatoms. The largest absolute Gasteiger partial charge is 0.396 e. The molecule has 0 aliphatic rings. The highest BCUT2D eigenvalue weighted by atomic mass is 35.8. The van der Waals surface area contributed by atoms with Crippen molar-refractivity contribution in [2.75, 3.05) is 6.61 Å². The molecule has 0 aliphatic heterocycles. The lowest BCUT2D eigenvalue weighted by Gasteiger charge is -2.07. The minimum atomic E-state index is -2.36. The maximum absolute atomic E-state index is 8.74. The summed E-state index contributed by atoms with van der Waals surface area (Å²) in [5, 5.41) is 8.74. The minimum absolute atomic E-state index is 0.364. The van der Waals surface area contributed by atoms with Gasteiger partial charge in [-0.1, -0.05) is 128 Å². The second kappa shape index (κ2) is 22.7. The topological polar surface area (TPSA) is 20.2 Å². The molecule has 0 aromatic carbocycles. The third-order valence-electron chi connectivity index (χ3n) is 5.62. The van der Waals surface area contributed by atoms with E-state index in [9.17, 15) is 0 Å². The highest BCUT2D eigenvalue weighted by Crippen LogP contribution is 2.27. The van der Waals surface area contributed by atoms with Crippen molar-refractivity contribution in [3.63, 3.8) is 0 Å². The molecule has 0 unspecified atom stereocenters. The van der Waals surface area contributed by atoms with E-state index in [0.717, 1.165) is 18.9 Å². The second-order valence-corrected chi connectivity index (χ2v) is 17.8. The zero-order valence-electron chi connectivity index (χ0n) is 18.3. The molecule has 0 aliphatic carbocycles. The van der Waals surface area contributed by atoms with Crippen molar-refractivity contribution in [1.82, 2.24) is 0 Å². The number of hydrogen-bond donors (Lipinski definition) is 1. The first-order valence-corrected chi connectivity index (χ1v) is 17.5. The van der Waals surface area contributed by atoms with E-state index >= 15 is 0 Å². The molecule has 1 N–H and O–H groups in total. The van der Waals surface area contributed by atoms with Gasteiger partial charge < -0.3 is 5.11 Å². The third-order valence-corrected chi connectivity index (χ3v) is 8.24. The van der Waals surface area contributed by atoms with E-state index in [2.05, 4.69) is 0 Å². The van der Waals surface area contributed by atoms with Crippen molar-refractivity contribution >= 4 is 39.2 Å². The summed E-state index contributed by atoms with van der Waals surface area (Å²) in [6.07, 6.45) is 28.3. The predicted octanol–water partition coefficient (Wildman–Crippen LogP) is 9.83. The summed E-state index contributed by atoms with van der Waals surface area (Å²) in [6, 6.07) is -1.54. The Bertz CT molecular complexity index is 298. The van der Waals surface area contributed by atoms with Crippen LogP contribution in [0.5, 0.6) is 0 Å². The minimum Gasteiger partial charge on any atom is -0.396 e. The molecule has 170 valence electrons. The highest BCUT2D eigenvalue weighted by molar-refractivity contribution is 7.64. The number of aliphatic hydroxyl groups is 1. The molecule has 0 aromatic heterocycles. The van der Waals surface area contributed by atoms with Crippen LogP contribution in [0.3, 0.4) is 0 Å². The Morgan fingerprint density at radius 2 is 0.571 bits per heavy atom. The first-order valence-electron chi connectivity index (χ1n) is 12.2. The van der Waals surface area contributed by atoms with Crippen LogP contribution in [0.4, 0.5) is 0 Å². The van der Waals surface area contributed by atoms with Gasteiger partial charge in [-0.3, -0.25) is 0 Å². The van der Waals surface area contributed by atoms with Crippen LogP contribution in [0.25, 0.3) is 0 Å². The van der Waals surface area contributed by atoms with E-state index in [1.165, 1.54) is 122 Å². The van der Waals surface area contributed by atoms with Gasteiger partial charge in [-0.05, 0) is 12.5 Å². The van der Waals surface area contributed by atoms with Crippen molar-refractivity contribution < 1.29 is 5.11 Å². The van der Waals surface area contributed by atoms with Crippen LogP contribution in [0.1, 0.15) is 135 Å². The molecule has 0 aromatic rings. The SMILES string of the molecule is OCCCCCCCCCCCCCCCCCCCCCCC[Si](Cl)(Cl)Cl. The number of aliphatic hydroxyl groups excluding tert-OH is 1. The zero-order valence-corrected chi connectivity index (χ0v) is 21.6. The molecular formula is C23H47Cl3OSi. The summed E-state index contributed by atoms with van der Waals surface area (Å²) in [6.45, 7) is 0.364. The third kappa shape index (κ3) is 27.0. The number of hydrogen-bond acceptors (Lipinski definition) is 1. The molecule has 0 bridgehead atoms. The number of rotatable bonds is 23. The number of halogens is 3. The fourth-order valence-corrected chi connectivity index (χ4v) is 5.65. The van der Waals surface area contributed by atoms with E-state index in [4.69, 9.17) is 38.3 Å². The van der Waals surface area contributed by atoms with E-state index in [1.807, 2.05) is 0 Å². The lowest BCUT2D eigenvalue weighted by Crippen LogP contribution is -2.07.